The van der Waals surface area contributed by atoms with Crippen molar-refractivity contribution in [3.8, 4) is 5.69 Å². The quantitative estimate of drug-likeness (QED) is 0.453. The maximum Gasteiger partial charge on any atom is 0.174 e. The molecular formula is C21H19N3S. The first kappa shape index (κ1) is 15.0. The third-order valence-electron chi connectivity index (χ3n) is 4.85. The average Bonchev–Trinajstić information content (AvgIpc) is 3.43. The number of hydrogen-bond acceptors (Lipinski definition) is 3. The standard InChI is InChI=1S/C21H19N3S/c1-2-25-21-23-18-8-5-13-22-20(18)24(21)19-12-11-15(14-9-10-14)16-6-3-4-7-17(16)19/h3-8,11-14H,2,9-10H2,1H3. The van der Waals surface area contributed by atoms with E-state index in [1.807, 2.05) is 18.3 Å². The highest BCUT2D eigenvalue weighted by molar-refractivity contribution is 7.99. The van der Waals surface area contributed by atoms with Crippen molar-refractivity contribution in [1.82, 2.24) is 14.5 Å². The molecular weight excluding hydrogens is 326 g/mol. The fraction of sp³-hybridized carbons (Fsp3) is 0.238. The van der Waals surface area contributed by atoms with Gasteiger partial charge in [0.25, 0.3) is 0 Å². The first-order chi connectivity index (χ1) is 12.4. The number of imidazole rings is 1. The predicted molar refractivity (Wildman–Crippen MR) is 105 cm³/mol. The van der Waals surface area contributed by atoms with Crippen molar-refractivity contribution in [3.63, 3.8) is 0 Å². The molecule has 0 amide bonds. The van der Waals surface area contributed by atoms with Gasteiger partial charge >= 0.3 is 0 Å². The van der Waals surface area contributed by atoms with Crippen LogP contribution < -0.4 is 0 Å². The van der Waals surface area contributed by atoms with Gasteiger partial charge in [0.1, 0.15) is 5.52 Å². The van der Waals surface area contributed by atoms with Gasteiger partial charge in [-0.15, -0.1) is 0 Å². The number of rotatable bonds is 4. The lowest BCUT2D eigenvalue weighted by Crippen LogP contribution is -2.00. The molecule has 4 heteroatoms. The Balaban J connectivity index is 1.83. The van der Waals surface area contributed by atoms with Gasteiger partial charge in [-0.3, -0.25) is 4.57 Å². The van der Waals surface area contributed by atoms with E-state index in [-0.39, 0.29) is 0 Å². The van der Waals surface area contributed by atoms with Crippen LogP contribution in [0.25, 0.3) is 27.6 Å². The van der Waals surface area contributed by atoms with Gasteiger partial charge in [-0.1, -0.05) is 49.0 Å². The third-order valence-corrected chi connectivity index (χ3v) is 5.67. The van der Waals surface area contributed by atoms with Crippen LogP contribution in [0.5, 0.6) is 0 Å². The van der Waals surface area contributed by atoms with Crippen molar-refractivity contribution in [3.05, 3.63) is 60.3 Å². The van der Waals surface area contributed by atoms with Crippen LogP contribution >= 0.6 is 11.8 Å². The molecule has 2 aromatic heterocycles. The first-order valence-electron chi connectivity index (χ1n) is 8.85. The molecule has 0 N–H and O–H groups in total. The van der Waals surface area contributed by atoms with Crippen LogP contribution in [0.2, 0.25) is 0 Å². The molecule has 0 unspecified atom stereocenters. The minimum absolute atomic E-state index is 0.737. The summed E-state index contributed by atoms with van der Waals surface area (Å²) in [5.74, 6) is 1.72. The van der Waals surface area contributed by atoms with Crippen LogP contribution in [0.1, 0.15) is 31.2 Å². The van der Waals surface area contributed by atoms with Crippen LogP contribution in [0.15, 0.2) is 59.9 Å². The predicted octanol–water partition coefficient (Wildman–Crippen LogP) is 5.56. The second-order valence-corrected chi connectivity index (χ2v) is 7.73. The van der Waals surface area contributed by atoms with Crippen molar-refractivity contribution in [2.45, 2.75) is 30.8 Å². The molecule has 2 heterocycles. The molecule has 0 radical (unpaired) electrons. The van der Waals surface area contributed by atoms with Crippen molar-refractivity contribution in [2.24, 2.45) is 0 Å². The lowest BCUT2D eigenvalue weighted by atomic mass is 9.99. The maximum absolute atomic E-state index is 4.82. The normalized spacial score (nSPS) is 14.4. The van der Waals surface area contributed by atoms with Crippen molar-refractivity contribution >= 4 is 33.7 Å². The van der Waals surface area contributed by atoms with Gasteiger partial charge in [0, 0.05) is 11.6 Å². The van der Waals surface area contributed by atoms with Gasteiger partial charge < -0.3 is 0 Å². The second-order valence-electron chi connectivity index (χ2n) is 6.50. The van der Waals surface area contributed by atoms with Gasteiger partial charge in [0.15, 0.2) is 10.8 Å². The van der Waals surface area contributed by atoms with Crippen molar-refractivity contribution in [1.29, 1.82) is 0 Å². The highest BCUT2D eigenvalue weighted by Crippen LogP contribution is 2.44. The Bertz CT molecular complexity index is 1080. The maximum atomic E-state index is 4.82. The van der Waals surface area contributed by atoms with Crippen LogP contribution in [0.4, 0.5) is 0 Å². The molecule has 0 spiro atoms. The lowest BCUT2D eigenvalue weighted by molar-refractivity contribution is 0.915. The van der Waals surface area contributed by atoms with Gasteiger partial charge in [-0.2, -0.15) is 0 Å². The number of benzene rings is 2. The van der Waals surface area contributed by atoms with E-state index in [1.165, 1.54) is 34.9 Å². The molecule has 1 aliphatic rings. The van der Waals surface area contributed by atoms with E-state index in [1.54, 1.807) is 11.8 Å². The molecule has 1 aliphatic carbocycles. The second kappa shape index (κ2) is 5.88. The zero-order chi connectivity index (χ0) is 16.8. The number of thioether (sulfide) groups is 1. The topological polar surface area (TPSA) is 30.7 Å². The van der Waals surface area contributed by atoms with Gasteiger partial charge in [0.2, 0.25) is 0 Å². The molecule has 0 saturated heterocycles. The first-order valence-corrected chi connectivity index (χ1v) is 9.83. The van der Waals surface area contributed by atoms with E-state index < -0.39 is 0 Å². The highest BCUT2D eigenvalue weighted by Gasteiger charge is 2.26. The monoisotopic (exact) mass is 345 g/mol. The molecule has 4 aromatic rings. The zero-order valence-electron chi connectivity index (χ0n) is 14.1. The summed E-state index contributed by atoms with van der Waals surface area (Å²) < 4.78 is 2.22. The van der Waals surface area contributed by atoms with Crippen LogP contribution in [-0.4, -0.2) is 20.3 Å². The minimum Gasteiger partial charge on any atom is -0.271 e. The van der Waals surface area contributed by atoms with Crippen molar-refractivity contribution in [2.75, 3.05) is 5.75 Å². The summed E-state index contributed by atoms with van der Waals surface area (Å²) >= 11 is 1.77. The lowest BCUT2D eigenvalue weighted by Gasteiger charge is -2.14. The third kappa shape index (κ3) is 2.44. The fourth-order valence-corrected chi connectivity index (χ4v) is 4.32. The summed E-state index contributed by atoms with van der Waals surface area (Å²) in [7, 11) is 0. The Morgan fingerprint density at radius 1 is 1.04 bits per heavy atom. The molecule has 0 atom stereocenters. The largest absolute Gasteiger partial charge is 0.271 e. The van der Waals surface area contributed by atoms with E-state index >= 15 is 0 Å². The minimum atomic E-state index is 0.737. The van der Waals surface area contributed by atoms with Crippen LogP contribution in [-0.2, 0) is 0 Å². The number of nitrogens with zero attached hydrogens (tertiary/aromatic N) is 3. The van der Waals surface area contributed by atoms with Crippen LogP contribution in [0, 0.1) is 0 Å². The molecule has 1 fully saturated rings. The average molecular weight is 345 g/mol. The number of hydrogen-bond donors (Lipinski definition) is 0. The molecule has 5 rings (SSSR count). The molecule has 3 nitrogen and oxygen atoms in total. The molecule has 1 saturated carbocycles. The van der Waals surface area contributed by atoms with Gasteiger partial charge in [-0.25, -0.2) is 9.97 Å². The smallest absolute Gasteiger partial charge is 0.174 e. The van der Waals surface area contributed by atoms with E-state index in [9.17, 15) is 0 Å². The number of aromatic nitrogens is 3. The Kier molecular flexibility index (Phi) is 3.52. The van der Waals surface area contributed by atoms with Crippen LogP contribution in [0.3, 0.4) is 0 Å². The van der Waals surface area contributed by atoms with Gasteiger partial charge in [0.05, 0.1) is 5.69 Å². The van der Waals surface area contributed by atoms with E-state index in [4.69, 9.17) is 4.98 Å². The van der Waals surface area contributed by atoms with Gasteiger partial charge in [-0.05, 0) is 53.7 Å². The number of pyridine rings is 1. The Morgan fingerprint density at radius 2 is 1.88 bits per heavy atom. The summed E-state index contributed by atoms with van der Waals surface area (Å²) in [4.78, 5) is 9.44. The molecule has 25 heavy (non-hydrogen) atoms. The van der Waals surface area contributed by atoms with E-state index in [0.717, 1.165) is 28.0 Å². The highest BCUT2D eigenvalue weighted by atomic mass is 32.2. The van der Waals surface area contributed by atoms with Crippen molar-refractivity contribution < 1.29 is 0 Å². The number of fused-ring (bicyclic) bond motifs is 2. The molecule has 124 valence electrons. The molecule has 0 bridgehead atoms. The Labute approximate surface area is 151 Å². The summed E-state index contributed by atoms with van der Waals surface area (Å²) in [6.07, 6.45) is 4.48. The molecule has 2 aromatic carbocycles. The SMILES string of the molecule is CCSc1nc2cccnc2n1-c1ccc(C2CC2)c2ccccc12. The summed E-state index contributed by atoms with van der Waals surface area (Å²) in [6.45, 7) is 2.16. The summed E-state index contributed by atoms with van der Waals surface area (Å²) in [5.41, 5.74) is 4.55. The summed E-state index contributed by atoms with van der Waals surface area (Å²) in [6, 6.07) is 17.3. The summed E-state index contributed by atoms with van der Waals surface area (Å²) in [5, 5.41) is 3.67. The molecule has 0 aliphatic heterocycles. The zero-order valence-corrected chi connectivity index (χ0v) is 15.0. The Hall–Kier alpha value is -2.33. The fourth-order valence-electron chi connectivity index (χ4n) is 3.59. The van der Waals surface area contributed by atoms with E-state index in [2.05, 4.69) is 52.9 Å². The Morgan fingerprint density at radius 3 is 2.68 bits per heavy atom. The van der Waals surface area contributed by atoms with E-state index in [0.29, 0.717) is 0 Å².